The van der Waals surface area contributed by atoms with Crippen LogP contribution in [0.2, 0.25) is 5.02 Å². The minimum absolute atomic E-state index is 0.0342. The highest BCUT2D eigenvalue weighted by Gasteiger charge is 2.19. The number of benzene rings is 1. The van der Waals surface area contributed by atoms with Gasteiger partial charge in [0, 0.05) is 12.0 Å². The zero-order valence-corrected chi connectivity index (χ0v) is 11.0. The van der Waals surface area contributed by atoms with Gasteiger partial charge in [0.1, 0.15) is 5.82 Å². The molecule has 1 saturated heterocycles. The molecule has 92 valence electrons. The Morgan fingerprint density at radius 1 is 1.41 bits per heavy atom. The Bertz CT molecular complexity index is 416. The van der Waals surface area contributed by atoms with Gasteiger partial charge in [-0.3, -0.25) is 4.79 Å². The summed E-state index contributed by atoms with van der Waals surface area (Å²) in [4.78, 5) is 12.0. The fourth-order valence-electron chi connectivity index (χ4n) is 2.04. The monoisotopic (exact) mass is 272 g/mol. The van der Waals surface area contributed by atoms with Crippen molar-refractivity contribution in [3.05, 3.63) is 34.6 Å². The first-order valence-electron chi connectivity index (χ1n) is 5.73. The quantitative estimate of drug-likeness (QED) is 0.768. The number of carbonyl (C=O) groups is 1. The standard InChI is InChI=1S/C13H14ClFOS/c14-12-8-10(15)1-2-11(12)13(16)7-9-3-5-17-6-4-9/h1-2,8-9H,3-7H2. The molecule has 1 aliphatic rings. The van der Waals surface area contributed by atoms with Crippen LogP contribution >= 0.6 is 23.4 Å². The van der Waals surface area contributed by atoms with Crippen LogP contribution < -0.4 is 0 Å². The summed E-state index contributed by atoms with van der Waals surface area (Å²) in [7, 11) is 0. The molecule has 1 nitrogen and oxygen atoms in total. The van der Waals surface area contributed by atoms with Gasteiger partial charge in [-0.25, -0.2) is 4.39 Å². The number of ketones is 1. The summed E-state index contributed by atoms with van der Waals surface area (Å²) in [6.07, 6.45) is 2.72. The number of hydrogen-bond donors (Lipinski definition) is 0. The minimum atomic E-state index is -0.402. The maximum Gasteiger partial charge on any atom is 0.164 e. The predicted octanol–water partition coefficient (Wildman–Crippen LogP) is 4.20. The molecular weight excluding hydrogens is 259 g/mol. The first kappa shape index (κ1) is 12.9. The van der Waals surface area contributed by atoms with E-state index in [4.69, 9.17) is 11.6 Å². The molecule has 0 saturated carbocycles. The van der Waals surface area contributed by atoms with Crippen molar-refractivity contribution < 1.29 is 9.18 Å². The summed E-state index contributed by atoms with van der Waals surface area (Å²) in [6, 6.07) is 3.97. The molecule has 0 radical (unpaired) electrons. The summed E-state index contributed by atoms with van der Waals surface area (Å²) in [6.45, 7) is 0. The average Bonchev–Trinajstić information content (AvgIpc) is 2.30. The Morgan fingerprint density at radius 3 is 2.76 bits per heavy atom. The average molecular weight is 273 g/mol. The van der Waals surface area contributed by atoms with Crippen LogP contribution in [0.5, 0.6) is 0 Å². The van der Waals surface area contributed by atoms with Crippen LogP contribution in [0.15, 0.2) is 18.2 Å². The van der Waals surface area contributed by atoms with Crippen molar-refractivity contribution in [3.63, 3.8) is 0 Å². The van der Waals surface area contributed by atoms with Crippen molar-refractivity contribution in [2.45, 2.75) is 19.3 Å². The largest absolute Gasteiger partial charge is 0.294 e. The van der Waals surface area contributed by atoms with E-state index in [1.165, 1.54) is 18.2 Å². The third-order valence-electron chi connectivity index (χ3n) is 3.05. The molecule has 1 heterocycles. The first-order valence-corrected chi connectivity index (χ1v) is 7.26. The van der Waals surface area contributed by atoms with Crippen molar-refractivity contribution >= 4 is 29.1 Å². The SMILES string of the molecule is O=C(CC1CCSCC1)c1ccc(F)cc1Cl. The van der Waals surface area contributed by atoms with Crippen molar-refractivity contribution in [2.24, 2.45) is 5.92 Å². The van der Waals surface area contributed by atoms with Crippen LogP contribution in [0.1, 0.15) is 29.6 Å². The van der Waals surface area contributed by atoms with E-state index < -0.39 is 5.82 Å². The molecule has 17 heavy (non-hydrogen) atoms. The summed E-state index contributed by atoms with van der Waals surface area (Å²) in [5.74, 6) is 2.36. The zero-order chi connectivity index (χ0) is 12.3. The Kier molecular flexibility index (Phi) is 4.46. The topological polar surface area (TPSA) is 17.1 Å². The van der Waals surface area contributed by atoms with Crippen LogP contribution in [0, 0.1) is 11.7 Å². The van der Waals surface area contributed by atoms with Crippen LogP contribution in [0.25, 0.3) is 0 Å². The highest BCUT2D eigenvalue weighted by Crippen LogP contribution is 2.28. The zero-order valence-electron chi connectivity index (χ0n) is 9.42. The molecule has 0 N–H and O–H groups in total. The fourth-order valence-corrected chi connectivity index (χ4v) is 3.52. The predicted molar refractivity (Wildman–Crippen MR) is 70.4 cm³/mol. The molecular formula is C13H14ClFOS. The van der Waals surface area contributed by atoms with Gasteiger partial charge >= 0.3 is 0 Å². The molecule has 1 aliphatic heterocycles. The maximum absolute atomic E-state index is 12.9. The molecule has 1 aromatic carbocycles. The maximum atomic E-state index is 12.9. The molecule has 1 fully saturated rings. The van der Waals surface area contributed by atoms with Gasteiger partial charge in [-0.2, -0.15) is 11.8 Å². The van der Waals surface area contributed by atoms with Gasteiger partial charge in [0.15, 0.2) is 5.78 Å². The Hall–Kier alpha value is -0.540. The lowest BCUT2D eigenvalue weighted by Gasteiger charge is -2.20. The van der Waals surface area contributed by atoms with Crippen molar-refractivity contribution in [1.29, 1.82) is 0 Å². The molecule has 0 aliphatic carbocycles. The van der Waals surface area contributed by atoms with Gasteiger partial charge in [-0.1, -0.05) is 11.6 Å². The van der Waals surface area contributed by atoms with E-state index in [0.717, 1.165) is 24.3 Å². The molecule has 0 bridgehead atoms. The molecule has 0 atom stereocenters. The van der Waals surface area contributed by atoms with Crippen LogP contribution in [-0.2, 0) is 0 Å². The molecule has 2 rings (SSSR count). The van der Waals surface area contributed by atoms with Crippen molar-refractivity contribution in [2.75, 3.05) is 11.5 Å². The number of carbonyl (C=O) groups excluding carboxylic acids is 1. The Morgan fingerprint density at radius 2 is 2.12 bits per heavy atom. The van der Waals surface area contributed by atoms with Crippen LogP contribution in [-0.4, -0.2) is 17.3 Å². The second-order valence-electron chi connectivity index (χ2n) is 4.31. The van der Waals surface area contributed by atoms with Gasteiger partial charge in [-0.15, -0.1) is 0 Å². The minimum Gasteiger partial charge on any atom is -0.294 e. The lowest BCUT2D eigenvalue weighted by atomic mass is 9.93. The van der Waals surface area contributed by atoms with Crippen molar-refractivity contribution in [1.82, 2.24) is 0 Å². The van der Waals surface area contributed by atoms with Gasteiger partial charge < -0.3 is 0 Å². The van der Waals surface area contributed by atoms with E-state index in [1.807, 2.05) is 11.8 Å². The van der Waals surface area contributed by atoms with Gasteiger partial charge in [0.05, 0.1) is 5.02 Å². The van der Waals surface area contributed by atoms with Gasteiger partial charge in [0.25, 0.3) is 0 Å². The lowest BCUT2D eigenvalue weighted by Crippen LogP contribution is -2.14. The van der Waals surface area contributed by atoms with E-state index in [-0.39, 0.29) is 10.8 Å². The summed E-state index contributed by atoms with van der Waals surface area (Å²) in [5.41, 5.74) is 0.450. The third kappa shape index (κ3) is 3.46. The first-order chi connectivity index (χ1) is 8.16. The molecule has 4 heteroatoms. The summed E-state index contributed by atoms with van der Waals surface area (Å²) in [5, 5.41) is 0.222. The number of Topliss-reactive ketones (excluding diaryl/α,β-unsaturated/α-hetero) is 1. The normalized spacial score (nSPS) is 17.1. The second kappa shape index (κ2) is 5.87. The Balaban J connectivity index is 2.03. The van der Waals surface area contributed by atoms with E-state index >= 15 is 0 Å². The third-order valence-corrected chi connectivity index (χ3v) is 4.41. The lowest BCUT2D eigenvalue weighted by molar-refractivity contribution is 0.0959. The molecule has 0 spiro atoms. The van der Waals surface area contributed by atoms with Gasteiger partial charge in [-0.05, 0) is 48.5 Å². The van der Waals surface area contributed by atoms with E-state index in [0.29, 0.717) is 17.9 Å². The van der Waals surface area contributed by atoms with E-state index in [2.05, 4.69) is 0 Å². The van der Waals surface area contributed by atoms with E-state index in [1.54, 1.807) is 0 Å². The number of thioether (sulfide) groups is 1. The summed E-state index contributed by atoms with van der Waals surface area (Å²) >= 11 is 7.82. The highest BCUT2D eigenvalue weighted by molar-refractivity contribution is 7.99. The van der Waals surface area contributed by atoms with Crippen LogP contribution in [0.3, 0.4) is 0 Å². The number of hydrogen-bond acceptors (Lipinski definition) is 2. The molecule has 0 amide bonds. The highest BCUT2D eigenvalue weighted by atomic mass is 35.5. The smallest absolute Gasteiger partial charge is 0.164 e. The van der Waals surface area contributed by atoms with Crippen LogP contribution in [0.4, 0.5) is 4.39 Å². The molecule has 0 aromatic heterocycles. The fraction of sp³-hybridized carbons (Fsp3) is 0.462. The van der Waals surface area contributed by atoms with Gasteiger partial charge in [0.2, 0.25) is 0 Å². The molecule has 0 unspecified atom stereocenters. The molecule has 1 aromatic rings. The van der Waals surface area contributed by atoms with E-state index in [9.17, 15) is 9.18 Å². The number of rotatable bonds is 3. The Labute approximate surface area is 110 Å². The van der Waals surface area contributed by atoms with Crippen molar-refractivity contribution in [3.8, 4) is 0 Å². The summed E-state index contributed by atoms with van der Waals surface area (Å²) < 4.78 is 12.9. The second-order valence-corrected chi connectivity index (χ2v) is 5.94. The number of halogens is 2.